The Morgan fingerprint density at radius 2 is 2.00 bits per heavy atom. The molecular weight excluding hydrogens is 282 g/mol. The minimum Gasteiger partial charge on any atom is -0.309 e. The van der Waals surface area contributed by atoms with Gasteiger partial charge in [-0.05, 0) is 23.6 Å². The zero-order valence-electron chi connectivity index (χ0n) is 11.5. The van der Waals surface area contributed by atoms with Crippen LogP contribution >= 0.6 is 11.3 Å². The lowest BCUT2D eigenvalue weighted by Crippen LogP contribution is -2.19. The van der Waals surface area contributed by atoms with E-state index in [-0.39, 0.29) is 5.56 Å². The minimum atomic E-state index is 0.0449. The number of fused-ring (bicyclic) bond motifs is 2. The van der Waals surface area contributed by atoms with Crippen molar-refractivity contribution < 1.29 is 0 Å². The molecule has 0 aliphatic rings. The predicted molar refractivity (Wildman–Crippen MR) is 85.9 cm³/mol. The van der Waals surface area contributed by atoms with E-state index in [1.807, 2.05) is 59.7 Å². The van der Waals surface area contributed by atoms with Gasteiger partial charge in [0.05, 0.1) is 23.1 Å². The number of pyridine rings is 1. The Balaban J connectivity index is 1.86. The lowest BCUT2D eigenvalue weighted by Gasteiger charge is -2.03. The van der Waals surface area contributed by atoms with Gasteiger partial charge in [0.1, 0.15) is 0 Å². The van der Waals surface area contributed by atoms with Crippen molar-refractivity contribution in [3.63, 3.8) is 0 Å². The number of thiophene rings is 1. The second-order valence-corrected chi connectivity index (χ2v) is 5.98. The molecule has 0 amide bonds. The fourth-order valence-corrected chi connectivity index (χ4v) is 3.47. The second kappa shape index (κ2) is 4.56. The first kappa shape index (κ1) is 12.3. The molecule has 4 rings (SSSR count). The molecule has 0 saturated carbocycles. The SMILES string of the molecule is Cn1nc(Cn2ccc3sccc3c2=O)c2ccccc21. The quantitative estimate of drug-likeness (QED) is 0.570. The third kappa shape index (κ3) is 1.89. The van der Waals surface area contributed by atoms with Gasteiger partial charge in [0, 0.05) is 23.3 Å². The van der Waals surface area contributed by atoms with E-state index in [1.165, 1.54) is 0 Å². The Morgan fingerprint density at radius 1 is 1.14 bits per heavy atom. The summed E-state index contributed by atoms with van der Waals surface area (Å²) in [5.41, 5.74) is 2.05. The van der Waals surface area contributed by atoms with E-state index in [2.05, 4.69) is 5.10 Å². The molecule has 3 heterocycles. The Labute approximate surface area is 124 Å². The summed E-state index contributed by atoms with van der Waals surface area (Å²) < 4.78 is 4.62. The van der Waals surface area contributed by atoms with Crippen molar-refractivity contribution in [1.82, 2.24) is 14.3 Å². The molecule has 0 bridgehead atoms. The maximum absolute atomic E-state index is 12.5. The number of para-hydroxylation sites is 1. The van der Waals surface area contributed by atoms with Crippen LogP contribution in [0.2, 0.25) is 0 Å². The number of hydrogen-bond donors (Lipinski definition) is 0. The smallest absolute Gasteiger partial charge is 0.259 e. The molecule has 3 aromatic heterocycles. The van der Waals surface area contributed by atoms with E-state index < -0.39 is 0 Å². The van der Waals surface area contributed by atoms with Gasteiger partial charge in [-0.25, -0.2) is 0 Å². The highest BCUT2D eigenvalue weighted by Crippen LogP contribution is 2.19. The van der Waals surface area contributed by atoms with Gasteiger partial charge in [-0.1, -0.05) is 18.2 Å². The third-order valence-corrected chi connectivity index (χ3v) is 4.63. The summed E-state index contributed by atoms with van der Waals surface area (Å²) in [5, 5.41) is 8.38. The average molecular weight is 295 g/mol. The van der Waals surface area contributed by atoms with E-state index in [0.29, 0.717) is 6.54 Å². The van der Waals surface area contributed by atoms with E-state index in [0.717, 1.165) is 26.7 Å². The first-order valence-corrected chi connectivity index (χ1v) is 7.59. The van der Waals surface area contributed by atoms with Crippen molar-refractivity contribution in [2.75, 3.05) is 0 Å². The normalized spacial score (nSPS) is 11.5. The first-order chi connectivity index (χ1) is 10.2. The molecule has 0 unspecified atom stereocenters. The largest absolute Gasteiger partial charge is 0.309 e. The highest BCUT2D eigenvalue weighted by molar-refractivity contribution is 7.17. The van der Waals surface area contributed by atoms with Crippen LogP contribution in [0.5, 0.6) is 0 Å². The van der Waals surface area contributed by atoms with Gasteiger partial charge in [-0.15, -0.1) is 11.3 Å². The van der Waals surface area contributed by atoms with E-state index in [9.17, 15) is 4.79 Å². The number of rotatable bonds is 2. The van der Waals surface area contributed by atoms with Crippen molar-refractivity contribution in [2.45, 2.75) is 6.54 Å². The van der Waals surface area contributed by atoms with Gasteiger partial charge in [0.15, 0.2) is 0 Å². The minimum absolute atomic E-state index is 0.0449. The number of aryl methyl sites for hydroxylation is 1. The fraction of sp³-hybridized carbons (Fsp3) is 0.125. The maximum Gasteiger partial charge on any atom is 0.259 e. The third-order valence-electron chi connectivity index (χ3n) is 3.75. The summed E-state index contributed by atoms with van der Waals surface area (Å²) in [6, 6.07) is 12.0. The molecule has 0 aliphatic heterocycles. The van der Waals surface area contributed by atoms with Gasteiger partial charge < -0.3 is 4.57 Å². The number of hydrogen-bond acceptors (Lipinski definition) is 3. The van der Waals surface area contributed by atoms with Crippen molar-refractivity contribution in [2.24, 2.45) is 7.05 Å². The van der Waals surface area contributed by atoms with Crippen LogP contribution in [0.4, 0.5) is 0 Å². The summed E-state index contributed by atoms with van der Waals surface area (Å²) in [6.45, 7) is 0.492. The summed E-state index contributed by atoms with van der Waals surface area (Å²) in [7, 11) is 1.93. The maximum atomic E-state index is 12.5. The van der Waals surface area contributed by atoms with Crippen LogP contribution in [0.15, 0.2) is 52.8 Å². The summed E-state index contributed by atoms with van der Waals surface area (Å²) in [5.74, 6) is 0. The molecule has 0 atom stereocenters. The zero-order chi connectivity index (χ0) is 14.4. The van der Waals surface area contributed by atoms with Crippen molar-refractivity contribution >= 4 is 32.3 Å². The Bertz CT molecular complexity index is 1010. The lowest BCUT2D eigenvalue weighted by molar-refractivity contribution is 0.706. The number of nitrogens with zero attached hydrogens (tertiary/aromatic N) is 3. The molecule has 0 radical (unpaired) electrons. The molecule has 21 heavy (non-hydrogen) atoms. The lowest BCUT2D eigenvalue weighted by atomic mass is 10.2. The van der Waals surface area contributed by atoms with Crippen molar-refractivity contribution in [1.29, 1.82) is 0 Å². The molecule has 0 spiro atoms. The summed E-state index contributed by atoms with van der Waals surface area (Å²) in [4.78, 5) is 12.5. The molecule has 0 fully saturated rings. The second-order valence-electron chi connectivity index (χ2n) is 5.03. The van der Waals surface area contributed by atoms with Gasteiger partial charge in [-0.2, -0.15) is 5.10 Å². The molecular formula is C16H13N3OS. The molecule has 0 aliphatic carbocycles. The molecule has 1 aromatic carbocycles. The van der Waals surface area contributed by atoms with Crippen molar-refractivity contribution in [3.8, 4) is 0 Å². The van der Waals surface area contributed by atoms with Crippen molar-refractivity contribution in [3.05, 3.63) is 64.0 Å². The first-order valence-electron chi connectivity index (χ1n) is 6.71. The van der Waals surface area contributed by atoms with E-state index in [1.54, 1.807) is 15.9 Å². The van der Waals surface area contributed by atoms with Crippen LogP contribution in [-0.2, 0) is 13.6 Å². The average Bonchev–Trinajstić information content (AvgIpc) is 3.09. The van der Waals surface area contributed by atoms with Crippen LogP contribution in [-0.4, -0.2) is 14.3 Å². The number of benzene rings is 1. The molecule has 0 N–H and O–H groups in total. The topological polar surface area (TPSA) is 39.8 Å². The zero-order valence-corrected chi connectivity index (χ0v) is 12.3. The summed E-state index contributed by atoms with van der Waals surface area (Å²) in [6.07, 6.45) is 1.85. The molecule has 104 valence electrons. The Kier molecular flexibility index (Phi) is 2.68. The fourth-order valence-electron chi connectivity index (χ4n) is 2.70. The van der Waals surface area contributed by atoms with Gasteiger partial charge >= 0.3 is 0 Å². The highest BCUT2D eigenvalue weighted by atomic mass is 32.1. The molecule has 4 aromatic rings. The van der Waals surface area contributed by atoms with Crippen LogP contribution in [0.1, 0.15) is 5.69 Å². The van der Waals surface area contributed by atoms with E-state index >= 15 is 0 Å². The number of aromatic nitrogens is 3. The van der Waals surface area contributed by atoms with E-state index in [4.69, 9.17) is 0 Å². The van der Waals surface area contributed by atoms with Crippen LogP contribution in [0, 0.1) is 0 Å². The van der Waals surface area contributed by atoms with Gasteiger partial charge in [0.25, 0.3) is 5.56 Å². The summed E-state index contributed by atoms with van der Waals surface area (Å²) >= 11 is 1.59. The van der Waals surface area contributed by atoms with Gasteiger partial charge in [0.2, 0.25) is 0 Å². The molecule has 0 saturated heterocycles. The Morgan fingerprint density at radius 3 is 2.90 bits per heavy atom. The molecule has 5 heteroatoms. The monoisotopic (exact) mass is 295 g/mol. The van der Waals surface area contributed by atoms with Crippen LogP contribution < -0.4 is 5.56 Å². The standard InChI is InChI=1S/C16H13N3OS/c1-18-14-5-3-2-4-11(14)13(17-18)10-19-8-6-15-12(16(19)20)7-9-21-15/h2-9H,10H2,1H3. The highest BCUT2D eigenvalue weighted by Gasteiger charge is 2.10. The van der Waals surface area contributed by atoms with Crippen LogP contribution in [0.25, 0.3) is 21.0 Å². The Hall–Kier alpha value is -2.40. The predicted octanol–water partition coefficient (Wildman–Crippen LogP) is 3.00. The molecule has 4 nitrogen and oxygen atoms in total. The van der Waals surface area contributed by atoms with Gasteiger partial charge in [-0.3, -0.25) is 9.48 Å². The van der Waals surface area contributed by atoms with Crippen LogP contribution in [0.3, 0.4) is 0 Å².